The molecule has 0 spiro atoms. The minimum absolute atomic E-state index is 0.0775. The first-order valence-electron chi connectivity index (χ1n) is 7.65. The predicted molar refractivity (Wildman–Crippen MR) is 88.9 cm³/mol. The van der Waals surface area contributed by atoms with Crippen molar-refractivity contribution < 1.29 is 9.53 Å². The molecule has 2 aromatic carbocycles. The second kappa shape index (κ2) is 7.64. The Kier molecular flexibility index (Phi) is 5.59. The second-order valence-corrected chi connectivity index (χ2v) is 5.48. The quantitative estimate of drug-likeness (QED) is 0.881. The Morgan fingerprint density at radius 3 is 2.41 bits per heavy atom. The maximum atomic E-state index is 12.3. The highest BCUT2D eigenvalue weighted by atomic mass is 16.5. The molecule has 116 valence electrons. The van der Waals surface area contributed by atoms with E-state index in [1.54, 1.807) is 0 Å². The van der Waals surface area contributed by atoms with Gasteiger partial charge in [-0.15, -0.1) is 0 Å². The van der Waals surface area contributed by atoms with Crippen LogP contribution in [0.5, 0.6) is 5.75 Å². The van der Waals surface area contributed by atoms with Gasteiger partial charge in [-0.1, -0.05) is 55.0 Å². The van der Waals surface area contributed by atoms with E-state index in [4.69, 9.17) is 4.74 Å². The highest BCUT2D eigenvalue weighted by Gasteiger charge is 2.18. The van der Waals surface area contributed by atoms with Crippen molar-refractivity contribution >= 4 is 5.91 Å². The number of para-hydroxylation sites is 1. The summed E-state index contributed by atoms with van der Waals surface area (Å²) in [5.41, 5.74) is 3.33. The van der Waals surface area contributed by atoms with Crippen LogP contribution in [0.4, 0.5) is 0 Å². The summed E-state index contributed by atoms with van der Waals surface area (Å²) >= 11 is 0. The molecule has 0 heterocycles. The van der Waals surface area contributed by atoms with Crippen molar-refractivity contribution in [3.63, 3.8) is 0 Å². The molecule has 1 amide bonds. The number of aryl methyl sites for hydroxylation is 2. The summed E-state index contributed by atoms with van der Waals surface area (Å²) < 4.78 is 5.85. The first kappa shape index (κ1) is 16.1. The van der Waals surface area contributed by atoms with Crippen molar-refractivity contribution in [3.8, 4) is 5.75 Å². The largest absolute Gasteiger partial charge is 0.480 e. The summed E-state index contributed by atoms with van der Waals surface area (Å²) in [5, 5.41) is 2.95. The van der Waals surface area contributed by atoms with Gasteiger partial charge in [0.25, 0.3) is 5.91 Å². The maximum absolute atomic E-state index is 12.3. The molecule has 2 rings (SSSR count). The van der Waals surface area contributed by atoms with Crippen molar-refractivity contribution in [2.75, 3.05) is 0 Å². The van der Waals surface area contributed by atoms with Gasteiger partial charge in [0, 0.05) is 6.54 Å². The number of ether oxygens (including phenoxy) is 1. The van der Waals surface area contributed by atoms with Gasteiger partial charge < -0.3 is 10.1 Å². The summed E-state index contributed by atoms with van der Waals surface area (Å²) in [4.78, 5) is 12.3. The third-order valence-corrected chi connectivity index (χ3v) is 3.61. The van der Waals surface area contributed by atoms with Gasteiger partial charge in [0.2, 0.25) is 0 Å². The van der Waals surface area contributed by atoms with E-state index in [-0.39, 0.29) is 5.91 Å². The molecule has 3 nitrogen and oxygen atoms in total. The standard InChI is InChI=1S/C19H23NO2/c1-4-17(22-18-8-6-5-7-15(18)3)19(21)20-13-16-11-9-14(2)10-12-16/h5-12,17H,4,13H2,1-3H3,(H,20,21)/t17-/m1/s1. The van der Waals surface area contributed by atoms with Crippen LogP contribution in [0.15, 0.2) is 48.5 Å². The third-order valence-electron chi connectivity index (χ3n) is 3.61. The van der Waals surface area contributed by atoms with Crippen LogP contribution in [0, 0.1) is 13.8 Å². The molecule has 0 saturated heterocycles. The molecule has 0 aliphatic rings. The molecule has 1 N–H and O–H groups in total. The molecule has 0 aromatic heterocycles. The summed E-state index contributed by atoms with van der Waals surface area (Å²) in [6.07, 6.45) is 0.167. The third kappa shape index (κ3) is 4.35. The number of hydrogen-bond donors (Lipinski definition) is 1. The molecule has 0 fully saturated rings. The molecule has 0 bridgehead atoms. The molecule has 2 aromatic rings. The van der Waals surface area contributed by atoms with E-state index in [0.29, 0.717) is 13.0 Å². The molecule has 0 saturated carbocycles. The zero-order chi connectivity index (χ0) is 15.9. The monoisotopic (exact) mass is 297 g/mol. The number of benzene rings is 2. The summed E-state index contributed by atoms with van der Waals surface area (Å²) in [7, 11) is 0. The Morgan fingerprint density at radius 1 is 1.09 bits per heavy atom. The number of rotatable bonds is 6. The van der Waals surface area contributed by atoms with Crippen molar-refractivity contribution in [2.45, 2.75) is 39.8 Å². The summed E-state index contributed by atoms with van der Waals surface area (Å²) in [6.45, 7) is 6.50. The number of carbonyl (C=O) groups excluding carboxylic acids is 1. The molecule has 22 heavy (non-hydrogen) atoms. The molecule has 0 radical (unpaired) electrons. The molecule has 1 atom stereocenters. The Balaban J connectivity index is 1.94. The van der Waals surface area contributed by atoms with Gasteiger partial charge in [0.05, 0.1) is 0 Å². The van der Waals surface area contributed by atoms with E-state index >= 15 is 0 Å². The minimum Gasteiger partial charge on any atom is -0.480 e. The van der Waals surface area contributed by atoms with Gasteiger partial charge in [-0.25, -0.2) is 0 Å². The van der Waals surface area contributed by atoms with Gasteiger partial charge in [-0.2, -0.15) is 0 Å². The molecular formula is C19H23NO2. The normalized spacial score (nSPS) is 11.8. The van der Waals surface area contributed by atoms with Gasteiger partial charge in [0.15, 0.2) is 6.10 Å². The number of hydrogen-bond acceptors (Lipinski definition) is 2. The average molecular weight is 297 g/mol. The van der Waals surface area contributed by atoms with Crippen LogP contribution in [0.2, 0.25) is 0 Å². The van der Waals surface area contributed by atoms with Crippen LogP contribution in [0.1, 0.15) is 30.0 Å². The van der Waals surface area contributed by atoms with Gasteiger partial charge in [0.1, 0.15) is 5.75 Å². The predicted octanol–water partition coefficient (Wildman–Crippen LogP) is 3.78. The van der Waals surface area contributed by atoms with Crippen molar-refractivity contribution in [2.24, 2.45) is 0 Å². The van der Waals surface area contributed by atoms with Crippen molar-refractivity contribution in [1.82, 2.24) is 5.32 Å². The maximum Gasteiger partial charge on any atom is 0.261 e. The van der Waals surface area contributed by atoms with Crippen molar-refractivity contribution in [1.29, 1.82) is 0 Å². The number of amides is 1. The summed E-state index contributed by atoms with van der Waals surface area (Å²) in [5.74, 6) is 0.686. The minimum atomic E-state index is -0.466. The van der Waals surface area contributed by atoms with E-state index < -0.39 is 6.10 Å². The van der Waals surface area contributed by atoms with Crippen LogP contribution in [0.25, 0.3) is 0 Å². The van der Waals surface area contributed by atoms with Gasteiger partial charge in [-0.05, 0) is 37.5 Å². The average Bonchev–Trinajstić information content (AvgIpc) is 2.53. The molecule has 3 heteroatoms. The molecular weight excluding hydrogens is 274 g/mol. The lowest BCUT2D eigenvalue weighted by Gasteiger charge is -2.18. The van der Waals surface area contributed by atoms with Crippen molar-refractivity contribution in [3.05, 3.63) is 65.2 Å². The van der Waals surface area contributed by atoms with E-state index in [0.717, 1.165) is 16.9 Å². The zero-order valence-electron chi connectivity index (χ0n) is 13.4. The molecule has 0 aliphatic carbocycles. The Bertz CT molecular complexity index is 620. The highest BCUT2D eigenvalue weighted by Crippen LogP contribution is 2.18. The summed E-state index contributed by atoms with van der Waals surface area (Å²) in [6, 6.07) is 15.9. The van der Waals surface area contributed by atoms with Crippen LogP contribution in [0.3, 0.4) is 0 Å². The second-order valence-electron chi connectivity index (χ2n) is 5.48. The van der Waals surface area contributed by atoms with Gasteiger partial charge in [-0.3, -0.25) is 4.79 Å². The van der Waals surface area contributed by atoms with Crippen LogP contribution in [-0.2, 0) is 11.3 Å². The lowest BCUT2D eigenvalue weighted by atomic mass is 10.1. The number of carbonyl (C=O) groups is 1. The van der Waals surface area contributed by atoms with Crippen LogP contribution < -0.4 is 10.1 Å². The fourth-order valence-corrected chi connectivity index (χ4v) is 2.17. The van der Waals surface area contributed by atoms with E-state index in [9.17, 15) is 4.79 Å². The topological polar surface area (TPSA) is 38.3 Å². The van der Waals surface area contributed by atoms with Crippen LogP contribution in [-0.4, -0.2) is 12.0 Å². The fraction of sp³-hybridized carbons (Fsp3) is 0.316. The smallest absolute Gasteiger partial charge is 0.261 e. The van der Waals surface area contributed by atoms with E-state index in [2.05, 4.69) is 5.32 Å². The Labute approximate surface area is 132 Å². The van der Waals surface area contributed by atoms with E-state index in [1.807, 2.05) is 69.3 Å². The highest BCUT2D eigenvalue weighted by molar-refractivity contribution is 5.81. The first-order chi connectivity index (χ1) is 10.6. The Morgan fingerprint density at radius 2 is 1.77 bits per heavy atom. The lowest BCUT2D eigenvalue weighted by molar-refractivity contribution is -0.128. The SMILES string of the molecule is CC[C@@H](Oc1ccccc1C)C(=O)NCc1ccc(C)cc1. The Hall–Kier alpha value is -2.29. The first-order valence-corrected chi connectivity index (χ1v) is 7.65. The zero-order valence-corrected chi connectivity index (χ0v) is 13.4. The lowest BCUT2D eigenvalue weighted by Crippen LogP contribution is -2.37. The fourth-order valence-electron chi connectivity index (χ4n) is 2.17. The molecule has 0 aliphatic heterocycles. The molecule has 0 unspecified atom stereocenters. The van der Waals surface area contributed by atoms with Crippen LogP contribution >= 0.6 is 0 Å². The van der Waals surface area contributed by atoms with Gasteiger partial charge >= 0.3 is 0 Å². The number of nitrogens with one attached hydrogen (secondary N) is 1. The van der Waals surface area contributed by atoms with E-state index in [1.165, 1.54) is 5.56 Å².